The van der Waals surface area contributed by atoms with E-state index in [9.17, 15) is 9.90 Å². The second kappa shape index (κ2) is 5.78. The van der Waals surface area contributed by atoms with E-state index in [-0.39, 0.29) is 11.7 Å². The van der Waals surface area contributed by atoms with Gasteiger partial charge in [0.05, 0.1) is 6.42 Å². The molecule has 0 saturated heterocycles. The Morgan fingerprint density at radius 2 is 1.70 bits per heavy atom. The van der Waals surface area contributed by atoms with Gasteiger partial charge in [0.15, 0.2) is 0 Å². The maximum absolute atomic E-state index is 12.3. The molecular weight excluding hydrogens is 250 g/mol. The Balaban J connectivity index is 2.11. The maximum Gasteiger partial charge on any atom is 0.231 e. The minimum Gasteiger partial charge on any atom is -0.508 e. The van der Waals surface area contributed by atoms with Gasteiger partial charge in [0.1, 0.15) is 5.75 Å². The molecule has 3 nitrogen and oxygen atoms in total. The molecule has 2 rings (SSSR count). The van der Waals surface area contributed by atoms with Gasteiger partial charge in [-0.25, -0.2) is 0 Å². The third-order valence-electron chi connectivity index (χ3n) is 3.54. The number of nitrogens with zero attached hydrogens (tertiary/aromatic N) is 1. The first-order valence-corrected chi connectivity index (χ1v) is 6.59. The molecule has 0 radical (unpaired) electrons. The van der Waals surface area contributed by atoms with Crippen molar-refractivity contribution in [3.8, 4) is 5.75 Å². The molecule has 0 aromatic heterocycles. The molecule has 0 heterocycles. The Bertz CT molecular complexity index is 617. The van der Waals surface area contributed by atoms with Gasteiger partial charge in [-0.2, -0.15) is 0 Å². The zero-order valence-corrected chi connectivity index (χ0v) is 12.1. The van der Waals surface area contributed by atoms with Crippen molar-refractivity contribution in [3.05, 3.63) is 59.2 Å². The van der Waals surface area contributed by atoms with Crippen molar-refractivity contribution in [2.45, 2.75) is 20.3 Å². The van der Waals surface area contributed by atoms with Crippen LogP contribution in [0.1, 0.15) is 16.7 Å². The van der Waals surface area contributed by atoms with Gasteiger partial charge in [0.2, 0.25) is 5.91 Å². The smallest absolute Gasteiger partial charge is 0.231 e. The van der Waals surface area contributed by atoms with E-state index >= 15 is 0 Å². The van der Waals surface area contributed by atoms with E-state index in [2.05, 4.69) is 13.0 Å². The molecule has 2 aromatic carbocycles. The summed E-state index contributed by atoms with van der Waals surface area (Å²) in [4.78, 5) is 13.9. The quantitative estimate of drug-likeness (QED) is 0.929. The second-order valence-corrected chi connectivity index (χ2v) is 5.06. The molecule has 0 fully saturated rings. The van der Waals surface area contributed by atoms with Crippen molar-refractivity contribution in [2.75, 3.05) is 11.9 Å². The van der Waals surface area contributed by atoms with Crippen molar-refractivity contribution >= 4 is 11.6 Å². The Hall–Kier alpha value is -2.29. The van der Waals surface area contributed by atoms with Crippen LogP contribution in [-0.4, -0.2) is 18.1 Å². The molecule has 1 amide bonds. The number of aromatic hydroxyl groups is 1. The Morgan fingerprint density at radius 3 is 2.30 bits per heavy atom. The molecule has 0 saturated carbocycles. The number of benzene rings is 2. The van der Waals surface area contributed by atoms with Gasteiger partial charge in [-0.1, -0.05) is 18.2 Å². The van der Waals surface area contributed by atoms with Crippen LogP contribution in [0.5, 0.6) is 5.75 Å². The Labute approximate surface area is 119 Å². The SMILES string of the molecule is Cc1ccc(CC(=O)N(C)c2ccc(O)cc2)cc1C. The second-order valence-electron chi connectivity index (χ2n) is 5.06. The summed E-state index contributed by atoms with van der Waals surface area (Å²) in [5.41, 5.74) is 4.22. The predicted molar refractivity (Wildman–Crippen MR) is 81.1 cm³/mol. The normalized spacial score (nSPS) is 10.3. The molecular formula is C17H19NO2. The molecule has 0 aliphatic rings. The largest absolute Gasteiger partial charge is 0.508 e. The van der Waals surface area contributed by atoms with Crippen molar-refractivity contribution < 1.29 is 9.90 Å². The van der Waals surface area contributed by atoms with Gasteiger partial charge in [-0.3, -0.25) is 4.79 Å². The number of hydrogen-bond acceptors (Lipinski definition) is 2. The molecule has 0 aliphatic carbocycles. The Morgan fingerprint density at radius 1 is 1.05 bits per heavy atom. The van der Waals surface area contributed by atoms with Crippen LogP contribution in [0, 0.1) is 13.8 Å². The molecule has 0 bridgehead atoms. The number of carbonyl (C=O) groups excluding carboxylic acids is 1. The zero-order chi connectivity index (χ0) is 14.7. The average molecular weight is 269 g/mol. The summed E-state index contributed by atoms with van der Waals surface area (Å²) in [5, 5.41) is 9.27. The lowest BCUT2D eigenvalue weighted by molar-refractivity contribution is -0.117. The Kier molecular flexibility index (Phi) is 4.08. The van der Waals surface area contributed by atoms with Crippen LogP contribution in [-0.2, 0) is 11.2 Å². The minimum absolute atomic E-state index is 0.0268. The minimum atomic E-state index is 0.0268. The molecule has 3 heteroatoms. The lowest BCUT2D eigenvalue weighted by atomic mass is 10.0. The molecule has 104 valence electrons. The first-order valence-electron chi connectivity index (χ1n) is 6.59. The van der Waals surface area contributed by atoms with Gasteiger partial charge in [-0.05, 0) is 54.8 Å². The van der Waals surface area contributed by atoms with E-state index in [0.717, 1.165) is 11.3 Å². The number of amides is 1. The maximum atomic E-state index is 12.3. The van der Waals surface area contributed by atoms with Crippen molar-refractivity contribution in [2.24, 2.45) is 0 Å². The summed E-state index contributed by atoms with van der Waals surface area (Å²) in [5.74, 6) is 0.225. The number of aryl methyl sites for hydroxylation is 2. The van der Waals surface area contributed by atoms with Crippen LogP contribution in [0.3, 0.4) is 0 Å². The van der Waals surface area contributed by atoms with Gasteiger partial charge in [0, 0.05) is 12.7 Å². The standard InChI is InChI=1S/C17H19NO2/c1-12-4-5-14(10-13(12)2)11-17(20)18(3)15-6-8-16(19)9-7-15/h4-10,19H,11H2,1-3H3. The number of hydrogen-bond donors (Lipinski definition) is 1. The first kappa shape index (κ1) is 14.1. The summed E-state index contributed by atoms with van der Waals surface area (Å²) in [6.07, 6.45) is 0.374. The van der Waals surface area contributed by atoms with E-state index in [1.54, 1.807) is 36.2 Å². The summed E-state index contributed by atoms with van der Waals surface area (Å²) in [6.45, 7) is 4.11. The highest BCUT2D eigenvalue weighted by Gasteiger charge is 2.12. The summed E-state index contributed by atoms with van der Waals surface area (Å²) in [7, 11) is 1.75. The third-order valence-corrected chi connectivity index (χ3v) is 3.54. The van der Waals surface area contributed by atoms with E-state index < -0.39 is 0 Å². The van der Waals surface area contributed by atoms with E-state index in [1.807, 2.05) is 19.1 Å². The van der Waals surface area contributed by atoms with Gasteiger partial charge < -0.3 is 10.0 Å². The highest BCUT2D eigenvalue weighted by atomic mass is 16.3. The number of anilines is 1. The lowest BCUT2D eigenvalue weighted by Crippen LogP contribution is -2.27. The molecule has 0 unspecified atom stereocenters. The topological polar surface area (TPSA) is 40.5 Å². The fourth-order valence-corrected chi connectivity index (χ4v) is 2.03. The zero-order valence-electron chi connectivity index (χ0n) is 12.1. The van der Waals surface area contributed by atoms with Gasteiger partial charge in [-0.15, -0.1) is 0 Å². The number of carbonyl (C=O) groups is 1. The number of likely N-dealkylation sites (N-methyl/N-ethyl adjacent to an activating group) is 1. The molecule has 1 N–H and O–H groups in total. The first-order chi connectivity index (χ1) is 9.47. The van der Waals surface area contributed by atoms with Crippen molar-refractivity contribution in [3.63, 3.8) is 0 Å². The molecule has 0 atom stereocenters. The summed E-state index contributed by atoms with van der Waals surface area (Å²) < 4.78 is 0. The van der Waals surface area contributed by atoms with E-state index in [4.69, 9.17) is 0 Å². The lowest BCUT2D eigenvalue weighted by Gasteiger charge is -2.17. The van der Waals surface area contributed by atoms with Crippen LogP contribution < -0.4 is 4.90 Å². The molecule has 20 heavy (non-hydrogen) atoms. The van der Waals surface area contributed by atoms with Crippen LogP contribution in [0.4, 0.5) is 5.69 Å². The van der Waals surface area contributed by atoms with Crippen LogP contribution in [0.25, 0.3) is 0 Å². The highest BCUT2D eigenvalue weighted by molar-refractivity contribution is 5.94. The summed E-state index contributed by atoms with van der Waals surface area (Å²) >= 11 is 0. The molecule has 0 aliphatic heterocycles. The fourth-order valence-electron chi connectivity index (χ4n) is 2.03. The molecule has 2 aromatic rings. The third kappa shape index (κ3) is 3.18. The van der Waals surface area contributed by atoms with Crippen molar-refractivity contribution in [1.82, 2.24) is 0 Å². The average Bonchev–Trinajstić information content (AvgIpc) is 2.43. The number of phenols is 1. The predicted octanol–water partition coefficient (Wildman–Crippen LogP) is 3.21. The monoisotopic (exact) mass is 269 g/mol. The number of phenolic OH excluding ortho intramolecular Hbond substituents is 1. The van der Waals surface area contributed by atoms with Gasteiger partial charge >= 0.3 is 0 Å². The van der Waals surface area contributed by atoms with E-state index in [1.165, 1.54) is 11.1 Å². The van der Waals surface area contributed by atoms with Crippen LogP contribution in [0.15, 0.2) is 42.5 Å². The van der Waals surface area contributed by atoms with Crippen LogP contribution in [0.2, 0.25) is 0 Å². The fraction of sp³-hybridized carbons (Fsp3) is 0.235. The molecule has 0 spiro atoms. The van der Waals surface area contributed by atoms with E-state index in [0.29, 0.717) is 6.42 Å². The summed E-state index contributed by atoms with van der Waals surface area (Å²) in [6, 6.07) is 12.7. The number of rotatable bonds is 3. The van der Waals surface area contributed by atoms with Crippen LogP contribution >= 0.6 is 0 Å². The highest BCUT2D eigenvalue weighted by Crippen LogP contribution is 2.18. The van der Waals surface area contributed by atoms with Crippen molar-refractivity contribution in [1.29, 1.82) is 0 Å². The van der Waals surface area contributed by atoms with Gasteiger partial charge in [0.25, 0.3) is 0 Å².